The predicted octanol–water partition coefficient (Wildman–Crippen LogP) is 3.16. The summed E-state index contributed by atoms with van der Waals surface area (Å²) in [6, 6.07) is 2.10. The molecule has 16 heavy (non-hydrogen) atoms. The molecule has 80 valence electrons. The SMILES string of the molecule is Cc1cc(C)c2c(n1)sc1c(C)ncnc12. The predicted molar refractivity (Wildman–Crippen MR) is 66.9 cm³/mol. The molecule has 0 spiro atoms. The van der Waals surface area contributed by atoms with Gasteiger partial charge >= 0.3 is 0 Å². The average Bonchev–Trinajstić information content (AvgIpc) is 2.57. The average molecular weight is 229 g/mol. The Bertz CT molecular complexity index is 700. The number of pyridine rings is 1. The molecular weight excluding hydrogens is 218 g/mol. The Hall–Kier alpha value is -1.55. The molecule has 4 heteroatoms. The zero-order valence-electron chi connectivity index (χ0n) is 9.40. The largest absolute Gasteiger partial charge is 0.242 e. The summed E-state index contributed by atoms with van der Waals surface area (Å²) in [7, 11) is 0. The van der Waals surface area contributed by atoms with Crippen LogP contribution in [-0.2, 0) is 0 Å². The van der Waals surface area contributed by atoms with Crippen LogP contribution in [0.25, 0.3) is 20.4 Å². The molecular formula is C12H11N3S. The van der Waals surface area contributed by atoms with E-state index in [1.165, 1.54) is 10.9 Å². The van der Waals surface area contributed by atoms with Crippen LogP contribution >= 0.6 is 11.3 Å². The van der Waals surface area contributed by atoms with Gasteiger partial charge in [-0.15, -0.1) is 11.3 Å². The van der Waals surface area contributed by atoms with Crippen molar-refractivity contribution in [3.05, 3.63) is 29.3 Å². The highest BCUT2D eigenvalue weighted by molar-refractivity contribution is 7.25. The number of hydrogen-bond acceptors (Lipinski definition) is 4. The van der Waals surface area contributed by atoms with E-state index in [1.54, 1.807) is 17.7 Å². The summed E-state index contributed by atoms with van der Waals surface area (Å²) in [6.07, 6.45) is 1.63. The molecule has 3 nitrogen and oxygen atoms in total. The van der Waals surface area contributed by atoms with E-state index in [2.05, 4.69) is 27.9 Å². The van der Waals surface area contributed by atoms with E-state index < -0.39 is 0 Å². The highest BCUT2D eigenvalue weighted by atomic mass is 32.1. The van der Waals surface area contributed by atoms with Crippen molar-refractivity contribution in [2.45, 2.75) is 20.8 Å². The first-order valence-corrected chi connectivity index (χ1v) is 5.96. The molecule has 0 radical (unpaired) electrons. The van der Waals surface area contributed by atoms with E-state index >= 15 is 0 Å². The van der Waals surface area contributed by atoms with Crippen molar-refractivity contribution in [2.75, 3.05) is 0 Å². The third-order valence-corrected chi connectivity index (χ3v) is 3.91. The lowest BCUT2D eigenvalue weighted by Gasteiger charge is -1.98. The van der Waals surface area contributed by atoms with Crippen molar-refractivity contribution in [3.8, 4) is 0 Å². The maximum Gasteiger partial charge on any atom is 0.126 e. The van der Waals surface area contributed by atoms with Crippen LogP contribution in [0.1, 0.15) is 17.0 Å². The highest BCUT2D eigenvalue weighted by Gasteiger charge is 2.12. The van der Waals surface area contributed by atoms with Crippen LogP contribution in [-0.4, -0.2) is 15.0 Å². The lowest BCUT2D eigenvalue weighted by molar-refractivity contribution is 1.16. The van der Waals surface area contributed by atoms with Gasteiger partial charge in [0.2, 0.25) is 0 Å². The van der Waals surface area contributed by atoms with Crippen LogP contribution in [0.2, 0.25) is 0 Å². The van der Waals surface area contributed by atoms with Crippen molar-refractivity contribution >= 4 is 31.8 Å². The molecule has 3 rings (SSSR count). The maximum absolute atomic E-state index is 4.57. The van der Waals surface area contributed by atoms with Gasteiger partial charge in [0.25, 0.3) is 0 Å². The molecule has 0 saturated heterocycles. The van der Waals surface area contributed by atoms with E-state index in [-0.39, 0.29) is 0 Å². The second-order valence-electron chi connectivity index (χ2n) is 4.00. The van der Waals surface area contributed by atoms with Crippen molar-refractivity contribution in [3.63, 3.8) is 0 Å². The number of nitrogens with zero attached hydrogens (tertiary/aromatic N) is 3. The molecule has 3 aromatic heterocycles. The van der Waals surface area contributed by atoms with Crippen LogP contribution in [0.5, 0.6) is 0 Å². The first kappa shape index (κ1) is 9.66. The molecule has 0 aromatic carbocycles. The molecule has 0 atom stereocenters. The number of fused-ring (bicyclic) bond motifs is 3. The smallest absolute Gasteiger partial charge is 0.126 e. The zero-order valence-corrected chi connectivity index (χ0v) is 10.2. The van der Waals surface area contributed by atoms with Crippen LogP contribution in [0.15, 0.2) is 12.4 Å². The fourth-order valence-electron chi connectivity index (χ4n) is 2.02. The van der Waals surface area contributed by atoms with Crippen LogP contribution < -0.4 is 0 Å². The summed E-state index contributed by atoms with van der Waals surface area (Å²) in [4.78, 5) is 14.2. The number of thiophene rings is 1. The lowest BCUT2D eigenvalue weighted by atomic mass is 10.1. The van der Waals surface area contributed by atoms with Gasteiger partial charge in [-0.25, -0.2) is 15.0 Å². The third-order valence-electron chi connectivity index (χ3n) is 2.73. The first-order chi connectivity index (χ1) is 7.66. The minimum Gasteiger partial charge on any atom is -0.242 e. The Kier molecular flexibility index (Phi) is 1.94. The second kappa shape index (κ2) is 3.22. The molecule has 0 N–H and O–H groups in total. The minimum absolute atomic E-state index is 1.03. The standard InChI is InChI=1S/C12H11N3S/c1-6-4-7(2)15-12-9(6)10-11(16-12)8(3)13-5-14-10/h4-5H,1-3H3. The quantitative estimate of drug-likeness (QED) is 0.594. The summed E-state index contributed by atoms with van der Waals surface area (Å²) >= 11 is 1.68. The summed E-state index contributed by atoms with van der Waals surface area (Å²) in [5.41, 5.74) is 4.37. The van der Waals surface area contributed by atoms with Crippen molar-refractivity contribution in [2.24, 2.45) is 0 Å². The van der Waals surface area contributed by atoms with Gasteiger partial charge in [0.1, 0.15) is 11.2 Å². The maximum atomic E-state index is 4.57. The molecule has 0 fully saturated rings. The van der Waals surface area contributed by atoms with E-state index in [4.69, 9.17) is 0 Å². The van der Waals surface area contributed by atoms with Gasteiger partial charge in [-0.2, -0.15) is 0 Å². The molecule has 3 heterocycles. The Balaban J connectivity index is 2.61. The molecule has 0 bridgehead atoms. The Labute approximate surface area is 97.2 Å². The molecule has 0 unspecified atom stereocenters. The monoisotopic (exact) mass is 229 g/mol. The fourth-order valence-corrected chi connectivity index (χ4v) is 3.22. The lowest BCUT2D eigenvalue weighted by Crippen LogP contribution is -1.85. The van der Waals surface area contributed by atoms with Gasteiger partial charge in [-0.3, -0.25) is 0 Å². The first-order valence-electron chi connectivity index (χ1n) is 5.15. The minimum atomic E-state index is 1.03. The van der Waals surface area contributed by atoms with Gasteiger partial charge in [-0.05, 0) is 32.4 Å². The van der Waals surface area contributed by atoms with Gasteiger partial charge in [0.15, 0.2) is 0 Å². The normalized spacial score (nSPS) is 11.4. The van der Waals surface area contributed by atoms with Gasteiger partial charge < -0.3 is 0 Å². The van der Waals surface area contributed by atoms with Crippen molar-refractivity contribution in [1.82, 2.24) is 15.0 Å². The number of aryl methyl sites for hydroxylation is 3. The molecule has 3 aromatic rings. The number of rotatable bonds is 0. The molecule has 0 aliphatic heterocycles. The second-order valence-corrected chi connectivity index (χ2v) is 5.00. The Morgan fingerprint density at radius 2 is 1.94 bits per heavy atom. The van der Waals surface area contributed by atoms with Gasteiger partial charge in [0, 0.05) is 11.1 Å². The summed E-state index contributed by atoms with van der Waals surface area (Å²) in [5, 5.41) is 1.18. The molecule has 0 aliphatic rings. The van der Waals surface area contributed by atoms with Crippen LogP contribution in [0, 0.1) is 20.8 Å². The number of hydrogen-bond donors (Lipinski definition) is 0. The Morgan fingerprint density at radius 3 is 2.75 bits per heavy atom. The van der Waals surface area contributed by atoms with E-state index in [1.807, 2.05) is 13.8 Å². The molecule has 0 aliphatic carbocycles. The zero-order chi connectivity index (χ0) is 11.3. The molecule has 0 saturated carbocycles. The molecule has 0 amide bonds. The summed E-state index contributed by atoms with van der Waals surface area (Å²) < 4.78 is 1.15. The topological polar surface area (TPSA) is 38.7 Å². The fraction of sp³-hybridized carbons (Fsp3) is 0.250. The van der Waals surface area contributed by atoms with E-state index in [9.17, 15) is 0 Å². The van der Waals surface area contributed by atoms with E-state index in [0.29, 0.717) is 0 Å². The summed E-state index contributed by atoms with van der Waals surface area (Å²) in [5.74, 6) is 0. The van der Waals surface area contributed by atoms with Gasteiger partial charge in [-0.1, -0.05) is 0 Å². The Morgan fingerprint density at radius 1 is 1.12 bits per heavy atom. The van der Waals surface area contributed by atoms with Crippen molar-refractivity contribution in [1.29, 1.82) is 0 Å². The van der Waals surface area contributed by atoms with Gasteiger partial charge in [0.05, 0.1) is 15.9 Å². The van der Waals surface area contributed by atoms with Crippen LogP contribution in [0.3, 0.4) is 0 Å². The van der Waals surface area contributed by atoms with Crippen LogP contribution in [0.4, 0.5) is 0 Å². The summed E-state index contributed by atoms with van der Waals surface area (Å²) in [6.45, 7) is 6.15. The number of aromatic nitrogens is 3. The highest BCUT2D eigenvalue weighted by Crippen LogP contribution is 2.34. The third kappa shape index (κ3) is 1.23. The van der Waals surface area contributed by atoms with E-state index in [0.717, 1.165) is 26.4 Å². The van der Waals surface area contributed by atoms with Crippen molar-refractivity contribution < 1.29 is 0 Å².